The summed E-state index contributed by atoms with van der Waals surface area (Å²) in [6, 6.07) is -0.0230. The Kier molecular flexibility index (Phi) is 4.50. The van der Waals surface area contributed by atoms with Gasteiger partial charge < -0.3 is 5.11 Å². The van der Waals surface area contributed by atoms with E-state index in [9.17, 15) is 13.2 Å². The van der Waals surface area contributed by atoms with Gasteiger partial charge in [-0.15, -0.1) is 0 Å². The van der Waals surface area contributed by atoms with Crippen molar-refractivity contribution in [2.75, 3.05) is 5.75 Å². The van der Waals surface area contributed by atoms with E-state index >= 15 is 0 Å². The van der Waals surface area contributed by atoms with Gasteiger partial charge in [0.1, 0.15) is 0 Å². The highest BCUT2D eigenvalue weighted by atomic mass is 32.2. The number of carboxylic acid groups (broad SMARTS) is 1. The highest BCUT2D eigenvalue weighted by Gasteiger charge is 2.42. The quantitative estimate of drug-likeness (QED) is 0.745. The minimum Gasteiger partial charge on any atom is -0.481 e. The molecule has 4 atom stereocenters. The van der Waals surface area contributed by atoms with Gasteiger partial charge in [0, 0.05) is 12.5 Å². The van der Waals surface area contributed by atoms with Crippen molar-refractivity contribution in [3.8, 4) is 0 Å². The Labute approximate surface area is 114 Å². The molecule has 0 spiro atoms. The summed E-state index contributed by atoms with van der Waals surface area (Å²) in [5.41, 5.74) is 0. The highest BCUT2D eigenvalue weighted by Crippen LogP contribution is 2.49. The van der Waals surface area contributed by atoms with Crippen molar-refractivity contribution in [3.05, 3.63) is 0 Å². The van der Waals surface area contributed by atoms with Crippen LogP contribution in [0, 0.1) is 17.8 Å². The number of hydrogen-bond donors (Lipinski definition) is 2. The van der Waals surface area contributed by atoms with Gasteiger partial charge >= 0.3 is 5.97 Å². The third-order valence-corrected chi connectivity index (χ3v) is 6.16. The van der Waals surface area contributed by atoms with Gasteiger partial charge in [0.15, 0.2) is 0 Å². The van der Waals surface area contributed by atoms with E-state index in [1.54, 1.807) is 0 Å². The van der Waals surface area contributed by atoms with Crippen LogP contribution in [0.5, 0.6) is 0 Å². The Morgan fingerprint density at radius 2 is 2.11 bits per heavy atom. The zero-order valence-electron chi connectivity index (χ0n) is 11.3. The summed E-state index contributed by atoms with van der Waals surface area (Å²) in [5, 5.41) is 8.52. The molecule has 0 aromatic carbocycles. The molecule has 4 unspecified atom stereocenters. The molecule has 0 saturated heterocycles. The molecular weight excluding hydrogens is 266 g/mol. The highest BCUT2D eigenvalue weighted by molar-refractivity contribution is 7.89. The summed E-state index contributed by atoms with van der Waals surface area (Å²) < 4.78 is 26.5. The first-order valence-corrected chi connectivity index (χ1v) is 8.74. The number of nitrogens with one attached hydrogen (secondary N) is 1. The third kappa shape index (κ3) is 3.92. The molecule has 2 aliphatic rings. The van der Waals surface area contributed by atoms with E-state index in [1.807, 2.05) is 6.92 Å². The molecule has 0 heterocycles. The van der Waals surface area contributed by atoms with Gasteiger partial charge in [0.2, 0.25) is 10.0 Å². The van der Waals surface area contributed by atoms with Crippen LogP contribution in [0.4, 0.5) is 0 Å². The molecule has 2 saturated carbocycles. The fourth-order valence-electron chi connectivity index (χ4n) is 3.75. The predicted molar refractivity (Wildman–Crippen MR) is 72.2 cm³/mol. The first kappa shape index (κ1) is 14.8. The Balaban J connectivity index is 1.80. The summed E-state index contributed by atoms with van der Waals surface area (Å²) in [7, 11) is -3.34. The van der Waals surface area contributed by atoms with E-state index in [0.717, 1.165) is 12.3 Å². The second kappa shape index (κ2) is 5.79. The Bertz CT molecular complexity index is 434. The van der Waals surface area contributed by atoms with Crippen LogP contribution >= 0.6 is 0 Å². The van der Waals surface area contributed by atoms with Gasteiger partial charge in [-0.25, -0.2) is 13.1 Å². The zero-order chi connectivity index (χ0) is 14.0. The molecule has 0 radical (unpaired) electrons. The van der Waals surface area contributed by atoms with Crippen LogP contribution < -0.4 is 4.72 Å². The lowest BCUT2D eigenvalue weighted by Crippen LogP contribution is -2.41. The smallest absolute Gasteiger partial charge is 0.303 e. The summed E-state index contributed by atoms with van der Waals surface area (Å²) >= 11 is 0. The van der Waals surface area contributed by atoms with Crippen LogP contribution in [0.1, 0.15) is 45.4 Å². The van der Waals surface area contributed by atoms with Crippen molar-refractivity contribution in [1.29, 1.82) is 0 Å². The van der Waals surface area contributed by atoms with Gasteiger partial charge in [-0.3, -0.25) is 4.79 Å². The van der Waals surface area contributed by atoms with E-state index < -0.39 is 16.0 Å². The fraction of sp³-hybridized carbons (Fsp3) is 0.923. The number of aliphatic carboxylic acids is 1. The average molecular weight is 289 g/mol. The molecule has 0 aromatic heterocycles. The van der Waals surface area contributed by atoms with Gasteiger partial charge in [0.05, 0.1) is 5.75 Å². The normalized spacial score (nSPS) is 31.5. The molecule has 110 valence electrons. The standard InChI is InChI=1S/C13H23NO4S/c1-9(12-8-10-4-5-11(12)7-10)14-19(17,18)6-2-3-13(15)16/h9-12,14H,2-8H2,1H3,(H,15,16). The van der Waals surface area contributed by atoms with Crippen molar-refractivity contribution in [2.24, 2.45) is 17.8 Å². The number of fused-ring (bicyclic) bond motifs is 2. The zero-order valence-corrected chi connectivity index (χ0v) is 12.2. The lowest BCUT2D eigenvalue weighted by atomic mass is 9.84. The fourth-order valence-corrected chi connectivity index (χ4v) is 5.13. The molecule has 0 aliphatic heterocycles. The first-order valence-electron chi connectivity index (χ1n) is 7.09. The van der Waals surface area contributed by atoms with Crippen LogP contribution in [0.3, 0.4) is 0 Å². The summed E-state index contributed by atoms with van der Waals surface area (Å²) in [4.78, 5) is 10.4. The molecule has 19 heavy (non-hydrogen) atoms. The van der Waals surface area contributed by atoms with Crippen molar-refractivity contribution in [2.45, 2.75) is 51.5 Å². The molecule has 2 bridgehead atoms. The van der Waals surface area contributed by atoms with Crippen LogP contribution in [0.2, 0.25) is 0 Å². The lowest BCUT2D eigenvalue weighted by molar-refractivity contribution is -0.137. The van der Waals surface area contributed by atoms with E-state index in [2.05, 4.69) is 4.72 Å². The van der Waals surface area contributed by atoms with Crippen molar-refractivity contribution >= 4 is 16.0 Å². The first-order chi connectivity index (χ1) is 8.87. The molecule has 2 N–H and O–H groups in total. The summed E-state index contributed by atoms with van der Waals surface area (Å²) in [5.74, 6) is 0.907. The van der Waals surface area contributed by atoms with Gasteiger partial charge in [0.25, 0.3) is 0 Å². The van der Waals surface area contributed by atoms with E-state index in [-0.39, 0.29) is 24.6 Å². The van der Waals surface area contributed by atoms with E-state index in [0.29, 0.717) is 11.8 Å². The third-order valence-electron chi connectivity index (χ3n) is 4.60. The van der Waals surface area contributed by atoms with Crippen LogP contribution in [-0.4, -0.2) is 31.3 Å². The van der Waals surface area contributed by atoms with Crippen LogP contribution in [0.15, 0.2) is 0 Å². The van der Waals surface area contributed by atoms with Gasteiger partial charge in [-0.2, -0.15) is 0 Å². The maximum atomic E-state index is 11.9. The second-order valence-corrected chi connectivity index (χ2v) is 7.93. The number of hydrogen-bond acceptors (Lipinski definition) is 3. The lowest BCUT2D eigenvalue weighted by Gasteiger charge is -2.28. The van der Waals surface area contributed by atoms with Gasteiger partial charge in [-0.1, -0.05) is 6.42 Å². The molecule has 5 nitrogen and oxygen atoms in total. The minimum absolute atomic E-state index is 0.0230. The van der Waals surface area contributed by atoms with Gasteiger partial charge in [-0.05, 0) is 50.4 Å². The molecule has 2 aliphatic carbocycles. The number of carbonyl (C=O) groups is 1. The molecule has 6 heteroatoms. The molecule has 2 rings (SSSR count). The van der Waals surface area contributed by atoms with E-state index in [4.69, 9.17) is 5.11 Å². The largest absolute Gasteiger partial charge is 0.481 e. The van der Waals surface area contributed by atoms with Crippen molar-refractivity contribution < 1.29 is 18.3 Å². The Morgan fingerprint density at radius 3 is 2.63 bits per heavy atom. The number of sulfonamides is 1. The van der Waals surface area contributed by atoms with Crippen LogP contribution in [-0.2, 0) is 14.8 Å². The Morgan fingerprint density at radius 1 is 1.37 bits per heavy atom. The predicted octanol–water partition coefficient (Wildman–Crippen LogP) is 1.60. The van der Waals surface area contributed by atoms with Crippen LogP contribution in [0.25, 0.3) is 0 Å². The second-order valence-electron chi connectivity index (χ2n) is 6.06. The maximum absolute atomic E-state index is 11.9. The summed E-state index contributed by atoms with van der Waals surface area (Å²) in [6.07, 6.45) is 5.02. The molecular formula is C13H23NO4S. The molecule has 0 aromatic rings. The summed E-state index contributed by atoms with van der Waals surface area (Å²) in [6.45, 7) is 1.94. The van der Waals surface area contributed by atoms with Crippen molar-refractivity contribution in [3.63, 3.8) is 0 Å². The molecule has 0 amide bonds. The SMILES string of the molecule is CC(NS(=O)(=O)CCCC(=O)O)C1CC2CCC1C2. The van der Waals surface area contributed by atoms with Crippen molar-refractivity contribution in [1.82, 2.24) is 4.72 Å². The minimum atomic E-state index is -3.34. The maximum Gasteiger partial charge on any atom is 0.303 e. The number of rotatable bonds is 7. The molecule has 2 fully saturated rings. The number of carboxylic acids is 1. The average Bonchev–Trinajstić information content (AvgIpc) is 2.88. The monoisotopic (exact) mass is 289 g/mol. The van der Waals surface area contributed by atoms with E-state index in [1.165, 1.54) is 19.3 Å². The topological polar surface area (TPSA) is 83.5 Å². The Hall–Kier alpha value is -0.620.